The lowest BCUT2D eigenvalue weighted by Crippen LogP contribution is -2.38. The summed E-state index contributed by atoms with van der Waals surface area (Å²) in [4.78, 5) is 4.07. The minimum absolute atomic E-state index is 0. The van der Waals surface area contributed by atoms with Gasteiger partial charge in [0.25, 0.3) is 0 Å². The summed E-state index contributed by atoms with van der Waals surface area (Å²) in [7, 11) is 1.62. The van der Waals surface area contributed by atoms with Crippen LogP contribution < -0.4 is 10.6 Å². The molecule has 0 spiro atoms. The van der Waals surface area contributed by atoms with E-state index in [1.54, 1.807) is 19.2 Å². The van der Waals surface area contributed by atoms with Crippen molar-refractivity contribution in [2.45, 2.75) is 13.0 Å². The molecule has 7 heteroatoms. The maximum Gasteiger partial charge on any atom is 0.191 e. The first-order valence-corrected chi connectivity index (χ1v) is 7.50. The number of nitrogens with one attached hydrogen (secondary N) is 2. The Morgan fingerprint density at radius 1 is 1.12 bits per heavy atom. The van der Waals surface area contributed by atoms with Gasteiger partial charge in [-0.3, -0.25) is 4.99 Å². The number of hydrogen-bond acceptors (Lipinski definition) is 2. The normalized spacial score (nSPS) is 10.6. The summed E-state index contributed by atoms with van der Waals surface area (Å²) in [6.07, 6.45) is 0.708. The smallest absolute Gasteiger partial charge is 0.191 e. The van der Waals surface area contributed by atoms with Gasteiger partial charge in [-0.25, -0.2) is 8.78 Å². The van der Waals surface area contributed by atoms with Crippen molar-refractivity contribution in [1.82, 2.24) is 10.6 Å². The van der Waals surface area contributed by atoms with E-state index in [1.807, 2.05) is 6.07 Å². The molecule has 0 saturated heterocycles. The van der Waals surface area contributed by atoms with Crippen LogP contribution in [-0.4, -0.2) is 19.6 Å². The van der Waals surface area contributed by atoms with Gasteiger partial charge in [-0.2, -0.15) is 5.26 Å². The highest BCUT2D eigenvalue weighted by Gasteiger charge is 2.05. The number of nitrogens with zero attached hydrogens (tertiary/aromatic N) is 2. The van der Waals surface area contributed by atoms with Gasteiger partial charge in [0.15, 0.2) is 5.96 Å². The quantitative estimate of drug-likeness (QED) is 0.412. The molecule has 0 aliphatic rings. The van der Waals surface area contributed by atoms with Gasteiger partial charge in [-0.1, -0.05) is 12.1 Å². The van der Waals surface area contributed by atoms with Crippen LogP contribution in [0.4, 0.5) is 8.78 Å². The Morgan fingerprint density at radius 2 is 1.84 bits per heavy atom. The standard InChI is InChI=1S/C18H18F2N4.HI/c1-22-18(23-9-8-13-2-5-16(19)6-3-13)24-12-15-10-14(11-21)4-7-17(15)20;/h2-7,10H,8-9,12H2,1H3,(H2,22,23,24);1H. The van der Waals surface area contributed by atoms with Crippen molar-refractivity contribution in [3.05, 3.63) is 70.8 Å². The number of halogens is 3. The first-order valence-electron chi connectivity index (χ1n) is 7.50. The second-order valence-corrected chi connectivity index (χ2v) is 5.15. The number of rotatable bonds is 5. The summed E-state index contributed by atoms with van der Waals surface area (Å²) in [5, 5.41) is 15.0. The van der Waals surface area contributed by atoms with E-state index in [1.165, 1.54) is 30.3 Å². The maximum absolute atomic E-state index is 13.7. The predicted octanol–water partition coefficient (Wildman–Crippen LogP) is 3.36. The maximum atomic E-state index is 13.7. The van der Waals surface area contributed by atoms with Crippen LogP contribution in [0.2, 0.25) is 0 Å². The van der Waals surface area contributed by atoms with Gasteiger partial charge in [0.2, 0.25) is 0 Å². The minimum atomic E-state index is -0.372. The summed E-state index contributed by atoms with van der Waals surface area (Å²) in [6.45, 7) is 0.823. The first-order chi connectivity index (χ1) is 11.6. The number of benzene rings is 2. The lowest BCUT2D eigenvalue weighted by Gasteiger charge is -2.12. The Balaban J connectivity index is 0.00000312. The Kier molecular flexibility index (Phi) is 8.84. The van der Waals surface area contributed by atoms with Crippen molar-refractivity contribution in [2.24, 2.45) is 4.99 Å². The van der Waals surface area contributed by atoms with Crippen LogP contribution in [0.5, 0.6) is 0 Å². The SMILES string of the molecule is CN=C(NCCc1ccc(F)cc1)NCc1cc(C#N)ccc1F.I. The largest absolute Gasteiger partial charge is 0.356 e. The van der Waals surface area contributed by atoms with Gasteiger partial charge < -0.3 is 10.6 Å². The lowest BCUT2D eigenvalue weighted by atomic mass is 10.1. The fourth-order valence-electron chi connectivity index (χ4n) is 2.16. The Labute approximate surface area is 163 Å². The van der Waals surface area contributed by atoms with Crippen molar-refractivity contribution < 1.29 is 8.78 Å². The van der Waals surface area contributed by atoms with Crippen LogP contribution >= 0.6 is 24.0 Å². The molecule has 2 N–H and O–H groups in total. The molecule has 0 fully saturated rings. The molecule has 0 heterocycles. The van der Waals surface area contributed by atoms with Gasteiger partial charge in [-0.05, 0) is 42.3 Å². The molecule has 0 aliphatic carbocycles. The second-order valence-electron chi connectivity index (χ2n) is 5.15. The Hall–Kier alpha value is -2.21. The summed E-state index contributed by atoms with van der Waals surface area (Å²) < 4.78 is 26.6. The molecule has 0 saturated carbocycles. The zero-order valence-electron chi connectivity index (χ0n) is 13.7. The van der Waals surface area contributed by atoms with E-state index in [9.17, 15) is 8.78 Å². The van der Waals surface area contributed by atoms with Crippen molar-refractivity contribution >= 4 is 29.9 Å². The third-order valence-electron chi connectivity index (χ3n) is 3.46. The van der Waals surface area contributed by atoms with E-state index in [4.69, 9.17) is 5.26 Å². The molecular weight excluding hydrogens is 437 g/mol. The molecule has 132 valence electrons. The van der Waals surface area contributed by atoms with E-state index in [2.05, 4.69) is 15.6 Å². The van der Waals surface area contributed by atoms with E-state index < -0.39 is 0 Å². The average molecular weight is 456 g/mol. The molecule has 2 aromatic carbocycles. The molecule has 0 bridgehead atoms. The van der Waals surface area contributed by atoms with Crippen molar-refractivity contribution in [3.63, 3.8) is 0 Å². The summed E-state index contributed by atoms with van der Waals surface area (Å²) >= 11 is 0. The van der Waals surface area contributed by atoms with E-state index in [0.29, 0.717) is 30.1 Å². The van der Waals surface area contributed by atoms with Crippen LogP contribution in [0.1, 0.15) is 16.7 Å². The van der Waals surface area contributed by atoms with Crippen molar-refractivity contribution in [2.75, 3.05) is 13.6 Å². The Morgan fingerprint density at radius 3 is 2.48 bits per heavy atom. The van der Waals surface area contributed by atoms with Crippen LogP contribution in [0.25, 0.3) is 0 Å². The van der Waals surface area contributed by atoms with Gasteiger partial charge in [0.05, 0.1) is 11.6 Å². The molecule has 0 amide bonds. The fraction of sp³-hybridized carbons (Fsp3) is 0.222. The van der Waals surface area contributed by atoms with Crippen molar-refractivity contribution in [1.29, 1.82) is 5.26 Å². The zero-order valence-corrected chi connectivity index (χ0v) is 16.1. The molecule has 0 radical (unpaired) electrons. The number of aliphatic imine (C=N–C) groups is 1. The van der Waals surface area contributed by atoms with Gasteiger partial charge in [-0.15, -0.1) is 24.0 Å². The highest BCUT2D eigenvalue weighted by atomic mass is 127. The first kappa shape index (κ1) is 20.8. The monoisotopic (exact) mass is 456 g/mol. The summed E-state index contributed by atoms with van der Waals surface area (Å²) in [5.74, 6) is -0.104. The van der Waals surface area contributed by atoms with Crippen LogP contribution in [-0.2, 0) is 13.0 Å². The molecule has 0 atom stereocenters. The van der Waals surface area contributed by atoms with Gasteiger partial charge in [0.1, 0.15) is 11.6 Å². The predicted molar refractivity (Wildman–Crippen MR) is 105 cm³/mol. The average Bonchev–Trinajstić information content (AvgIpc) is 2.60. The molecular formula is C18H19F2IN4. The molecule has 2 rings (SSSR count). The van der Waals surface area contributed by atoms with Crippen LogP contribution in [0, 0.1) is 23.0 Å². The molecule has 0 unspecified atom stereocenters. The van der Waals surface area contributed by atoms with Gasteiger partial charge >= 0.3 is 0 Å². The minimum Gasteiger partial charge on any atom is -0.356 e. The van der Waals surface area contributed by atoms with Gasteiger partial charge in [0, 0.05) is 25.7 Å². The Bertz CT molecular complexity index is 755. The van der Waals surface area contributed by atoms with Crippen LogP contribution in [0.3, 0.4) is 0 Å². The molecule has 4 nitrogen and oxygen atoms in total. The molecule has 0 aromatic heterocycles. The second kappa shape index (κ2) is 10.6. The highest BCUT2D eigenvalue weighted by Crippen LogP contribution is 2.09. The number of guanidine groups is 1. The fourth-order valence-corrected chi connectivity index (χ4v) is 2.16. The van der Waals surface area contributed by atoms with Crippen LogP contribution in [0.15, 0.2) is 47.5 Å². The highest BCUT2D eigenvalue weighted by molar-refractivity contribution is 14.0. The molecule has 25 heavy (non-hydrogen) atoms. The third-order valence-corrected chi connectivity index (χ3v) is 3.46. The number of nitriles is 1. The topological polar surface area (TPSA) is 60.2 Å². The third kappa shape index (κ3) is 6.66. The summed E-state index contributed by atoms with van der Waals surface area (Å²) in [5.41, 5.74) is 1.81. The van der Waals surface area contributed by atoms with E-state index in [0.717, 1.165) is 5.56 Å². The van der Waals surface area contributed by atoms with E-state index >= 15 is 0 Å². The lowest BCUT2D eigenvalue weighted by molar-refractivity contribution is 0.604. The summed E-state index contributed by atoms with van der Waals surface area (Å²) in [6, 6.07) is 12.5. The van der Waals surface area contributed by atoms with Crippen molar-refractivity contribution in [3.8, 4) is 6.07 Å². The zero-order chi connectivity index (χ0) is 17.4. The molecule has 0 aliphatic heterocycles. The van der Waals surface area contributed by atoms with E-state index in [-0.39, 0.29) is 42.2 Å². The molecule has 2 aromatic rings. The number of hydrogen-bond donors (Lipinski definition) is 2.